The summed E-state index contributed by atoms with van der Waals surface area (Å²) in [6, 6.07) is 2.45. The number of phenolic OH excluding ortho intramolecular Hbond substituents is 2. The molecule has 0 aliphatic carbocycles. The van der Waals surface area contributed by atoms with Crippen molar-refractivity contribution >= 4 is 17.6 Å². The number of fused-ring (bicyclic) bond motifs is 1. The number of azide groups is 1. The van der Waals surface area contributed by atoms with Gasteiger partial charge in [0.15, 0.2) is 6.61 Å². The SMILES string of the molecule is C[C@@H]1C/C=C/C(OCCCN=[N+]=[N-])C/C=C/C(=N\OCC(=O)N2CCCCC2)Cc2cc(O)cc(O)c2C(=O)O1. The average Bonchev–Trinajstić information content (AvgIpc) is 2.92. The highest BCUT2D eigenvalue weighted by Gasteiger charge is 2.23. The number of oxime groups is 1. The van der Waals surface area contributed by atoms with Gasteiger partial charge in [0.2, 0.25) is 0 Å². The van der Waals surface area contributed by atoms with Crippen molar-refractivity contribution in [3.63, 3.8) is 0 Å². The minimum Gasteiger partial charge on any atom is -0.508 e. The normalized spacial score (nSPS) is 22.8. The number of piperidine rings is 1. The molecule has 0 radical (unpaired) electrons. The lowest BCUT2D eigenvalue weighted by atomic mass is 9.99. The number of nitrogens with zero attached hydrogens (tertiary/aromatic N) is 5. The molecule has 0 spiro atoms. The van der Waals surface area contributed by atoms with Gasteiger partial charge in [-0.1, -0.05) is 28.5 Å². The number of benzene rings is 1. The molecule has 2 atom stereocenters. The minimum absolute atomic E-state index is 0.0166. The zero-order valence-corrected chi connectivity index (χ0v) is 22.8. The number of phenols is 2. The van der Waals surface area contributed by atoms with E-state index in [4.69, 9.17) is 19.8 Å². The maximum atomic E-state index is 13.0. The lowest BCUT2D eigenvalue weighted by molar-refractivity contribution is -0.137. The molecule has 216 valence electrons. The van der Waals surface area contributed by atoms with E-state index in [0.717, 1.165) is 25.3 Å². The molecule has 2 aliphatic rings. The highest BCUT2D eigenvalue weighted by Crippen LogP contribution is 2.29. The number of hydrogen-bond acceptors (Lipinski definition) is 9. The summed E-state index contributed by atoms with van der Waals surface area (Å²) in [5.41, 5.74) is 9.03. The zero-order valence-electron chi connectivity index (χ0n) is 22.8. The van der Waals surface area contributed by atoms with E-state index in [9.17, 15) is 19.8 Å². The van der Waals surface area contributed by atoms with E-state index in [1.165, 1.54) is 6.07 Å². The third-order valence-electron chi connectivity index (χ3n) is 6.44. The Morgan fingerprint density at radius 3 is 2.77 bits per heavy atom. The van der Waals surface area contributed by atoms with Gasteiger partial charge in [0.05, 0.1) is 11.8 Å². The highest BCUT2D eigenvalue weighted by atomic mass is 16.6. The predicted octanol–water partition coefficient (Wildman–Crippen LogP) is 4.56. The van der Waals surface area contributed by atoms with Crippen LogP contribution in [-0.4, -0.2) is 77.8 Å². The van der Waals surface area contributed by atoms with Gasteiger partial charge in [0.1, 0.15) is 23.2 Å². The molecule has 1 aromatic rings. The fourth-order valence-electron chi connectivity index (χ4n) is 4.43. The summed E-state index contributed by atoms with van der Waals surface area (Å²) in [7, 11) is 0. The van der Waals surface area contributed by atoms with Gasteiger partial charge in [-0.15, -0.1) is 0 Å². The van der Waals surface area contributed by atoms with Crippen LogP contribution in [0.4, 0.5) is 0 Å². The molecule has 40 heavy (non-hydrogen) atoms. The molecule has 1 aromatic carbocycles. The number of aromatic hydroxyl groups is 2. The Labute approximate surface area is 233 Å². The van der Waals surface area contributed by atoms with Crippen LogP contribution in [-0.2, 0) is 25.5 Å². The van der Waals surface area contributed by atoms with Crippen LogP contribution in [0.1, 0.15) is 61.4 Å². The molecule has 2 heterocycles. The Morgan fingerprint density at radius 1 is 1.20 bits per heavy atom. The van der Waals surface area contributed by atoms with E-state index >= 15 is 0 Å². The maximum absolute atomic E-state index is 13.0. The van der Waals surface area contributed by atoms with Crippen LogP contribution >= 0.6 is 0 Å². The van der Waals surface area contributed by atoms with Gasteiger partial charge in [0, 0.05) is 50.1 Å². The number of cyclic esters (lactones) is 1. The first-order valence-corrected chi connectivity index (χ1v) is 13.6. The molecule has 12 nitrogen and oxygen atoms in total. The first kappa shape index (κ1) is 30.5. The second kappa shape index (κ2) is 16.2. The lowest BCUT2D eigenvalue weighted by Crippen LogP contribution is -2.37. The molecule has 1 unspecified atom stereocenters. The molecule has 0 saturated carbocycles. The van der Waals surface area contributed by atoms with Gasteiger partial charge in [0.25, 0.3) is 5.91 Å². The Morgan fingerprint density at radius 2 is 2.00 bits per heavy atom. The summed E-state index contributed by atoms with van der Waals surface area (Å²) in [6.45, 7) is 3.63. The van der Waals surface area contributed by atoms with Gasteiger partial charge in [-0.05, 0) is 62.3 Å². The lowest BCUT2D eigenvalue weighted by Gasteiger charge is -2.26. The van der Waals surface area contributed by atoms with Crippen LogP contribution in [0, 0.1) is 0 Å². The molecular weight excluding hydrogens is 518 g/mol. The second-order valence-corrected chi connectivity index (χ2v) is 9.71. The summed E-state index contributed by atoms with van der Waals surface area (Å²) in [6.07, 6.45) is 11.0. The van der Waals surface area contributed by atoms with Crippen molar-refractivity contribution in [3.8, 4) is 11.5 Å². The summed E-state index contributed by atoms with van der Waals surface area (Å²) in [5.74, 6) is -1.52. The first-order chi connectivity index (χ1) is 19.4. The van der Waals surface area contributed by atoms with Crippen LogP contribution in [0.15, 0.2) is 46.7 Å². The zero-order chi connectivity index (χ0) is 28.7. The molecule has 3 rings (SSSR count). The van der Waals surface area contributed by atoms with E-state index in [1.807, 2.05) is 18.2 Å². The number of esters is 1. The van der Waals surface area contributed by atoms with Crippen molar-refractivity contribution in [1.29, 1.82) is 0 Å². The summed E-state index contributed by atoms with van der Waals surface area (Å²) < 4.78 is 11.5. The quantitative estimate of drug-likeness (QED) is 0.0901. The van der Waals surface area contributed by atoms with Gasteiger partial charge in [-0.3, -0.25) is 4.79 Å². The molecule has 12 heteroatoms. The largest absolute Gasteiger partial charge is 0.508 e. The Hall–Kier alpha value is -4.02. The van der Waals surface area contributed by atoms with E-state index in [1.54, 1.807) is 17.9 Å². The van der Waals surface area contributed by atoms with Gasteiger partial charge >= 0.3 is 5.97 Å². The topological polar surface area (TPSA) is 167 Å². The van der Waals surface area contributed by atoms with Crippen LogP contribution in [0.25, 0.3) is 10.4 Å². The Balaban J connectivity index is 1.84. The maximum Gasteiger partial charge on any atom is 0.342 e. The number of carbonyl (C=O) groups excluding carboxylic acids is 2. The van der Waals surface area contributed by atoms with E-state index in [2.05, 4.69) is 15.2 Å². The minimum atomic E-state index is -0.735. The molecule has 0 aromatic heterocycles. The van der Waals surface area contributed by atoms with Crippen LogP contribution in [0.5, 0.6) is 11.5 Å². The smallest absolute Gasteiger partial charge is 0.342 e. The molecule has 2 aliphatic heterocycles. The fourth-order valence-corrected chi connectivity index (χ4v) is 4.43. The van der Waals surface area contributed by atoms with Crippen molar-refractivity contribution in [1.82, 2.24) is 4.90 Å². The number of carbonyl (C=O) groups is 2. The highest BCUT2D eigenvalue weighted by molar-refractivity contribution is 6.00. The molecule has 1 saturated heterocycles. The second-order valence-electron chi connectivity index (χ2n) is 9.71. The standard InChI is InChI=1S/C28H37N5O7/c1-20-8-5-10-24(38-15-7-12-30-32-29)11-6-9-22(31-39-19-26(36)33-13-3-2-4-14-33)16-21-17-23(34)18-25(35)27(21)28(37)40-20/h5-6,9-10,17-18,20,24,34-35H,2-4,7-8,11-16,19H2,1H3/b9-6+,10-5+,31-22+/t20-,24?/m1/s1. The van der Waals surface area contributed by atoms with Crippen molar-refractivity contribution in [2.24, 2.45) is 10.3 Å². The van der Waals surface area contributed by atoms with Crippen LogP contribution in [0.2, 0.25) is 0 Å². The van der Waals surface area contributed by atoms with Crippen LogP contribution in [0.3, 0.4) is 0 Å². The van der Waals surface area contributed by atoms with E-state index in [0.29, 0.717) is 56.8 Å². The Kier molecular flexibility index (Phi) is 12.3. The van der Waals surface area contributed by atoms with Crippen molar-refractivity contribution in [3.05, 3.63) is 58.0 Å². The van der Waals surface area contributed by atoms with Crippen molar-refractivity contribution in [2.45, 2.75) is 64.1 Å². The van der Waals surface area contributed by atoms with E-state index < -0.39 is 17.8 Å². The van der Waals surface area contributed by atoms with Crippen LogP contribution < -0.4 is 0 Å². The van der Waals surface area contributed by atoms with Gasteiger partial charge < -0.3 is 29.4 Å². The summed E-state index contributed by atoms with van der Waals surface area (Å²) in [4.78, 5) is 35.5. The number of likely N-dealkylation sites (tertiary alicyclic amines) is 1. The fraction of sp³-hybridized carbons (Fsp3) is 0.536. The van der Waals surface area contributed by atoms with Gasteiger partial charge in [-0.25, -0.2) is 4.79 Å². The molecule has 1 amide bonds. The van der Waals surface area contributed by atoms with Crippen molar-refractivity contribution < 1.29 is 34.1 Å². The predicted molar refractivity (Wildman–Crippen MR) is 148 cm³/mol. The van der Waals surface area contributed by atoms with Gasteiger partial charge in [-0.2, -0.15) is 0 Å². The molecule has 0 bridgehead atoms. The average molecular weight is 556 g/mol. The molecular formula is C28H37N5O7. The number of ether oxygens (including phenoxy) is 2. The van der Waals surface area contributed by atoms with Crippen molar-refractivity contribution in [2.75, 3.05) is 32.8 Å². The van der Waals surface area contributed by atoms with E-state index in [-0.39, 0.29) is 36.4 Å². The Bertz CT molecular complexity index is 1150. The molecule has 1 fully saturated rings. The summed E-state index contributed by atoms with van der Waals surface area (Å²) in [5, 5.41) is 28.3. The first-order valence-electron chi connectivity index (χ1n) is 13.6. The third kappa shape index (κ3) is 9.94. The third-order valence-corrected chi connectivity index (χ3v) is 6.44. The summed E-state index contributed by atoms with van der Waals surface area (Å²) >= 11 is 0. The molecule has 2 N–H and O–H groups in total. The number of hydrogen-bond donors (Lipinski definition) is 2. The number of allylic oxidation sites excluding steroid dienone is 1. The monoisotopic (exact) mass is 555 g/mol. The number of rotatable bonds is 8. The number of amides is 1.